The van der Waals surface area contributed by atoms with Gasteiger partial charge in [0, 0.05) is 45.4 Å². The molecule has 0 atom stereocenters. The number of hydrogen-bond donors (Lipinski definition) is 1. The highest BCUT2D eigenvalue weighted by atomic mass is 19.1. The molecule has 1 heterocycles. The van der Waals surface area contributed by atoms with Crippen LogP contribution in [0.25, 0.3) is 0 Å². The molecule has 0 aromatic heterocycles. The minimum absolute atomic E-state index is 0.264. The van der Waals surface area contributed by atoms with Gasteiger partial charge in [-0.05, 0) is 12.0 Å². The summed E-state index contributed by atoms with van der Waals surface area (Å²) in [5.41, 5.74) is 1.46. The van der Waals surface area contributed by atoms with Crippen molar-refractivity contribution >= 4 is 0 Å². The molecule has 0 aliphatic carbocycles. The Labute approximate surface area is 119 Å². The van der Waals surface area contributed by atoms with Gasteiger partial charge in [0.15, 0.2) is 11.6 Å². The third kappa shape index (κ3) is 3.69. The molecule has 1 fully saturated rings. The molecule has 0 amide bonds. The summed E-state index contributed by atoms with van der Waals surface area (Å²) in [6, 6.07) is 3.73. The zero-order valence-corrected chi connectivity index (χ0v) is 12.2. The van der Waals surface area contributed by atoms with E-state index in [1.807, 2.05) is 6.07 Å². The topological polar surface area (TPSA) is 33.7 Å². The van der Waals surface area contributed by atoms with Crippen molar-refractivity contribution in [3.05, 3.63) is 29.1 Å². The van der Waals surface area contributed by atoms with Crippen LogP contribution in [0.3, 0.4) is 0 Å². The van der Waals surface area contributed by atoms with Crippen LogP contribution < -0.4 is 10.1 Å². The van der Waals surface area contributed by atoms with Crippen LogP contribution in [0, 0.1) is 5.82 Å². The van der Waals surface area contributed by atoms with E-state index in [1.54, 1.807) is 13.2 Å². The Morgan fingerprint density at radius 2 is 1.90 bits per heavy atom. The highest BCUT2D eigenvalue weighted by molar-refractivity contribution is 5.39. The summed E-state index contributed by atoms with van der Waals surface area (Å²) in [6.45, 7) is 5.34. The van der Waals surface area contributed by atoms with Gasteiger partial charge in [0.05, 0.1) is 13.7 Å². The van der Waals surface area contributed by atoms with E-state index in [1.165, 1.54) is 7.11 Å². The number of rotatable bonds is 6. The average Bonchev–Trinajstić information content (AvgIpc) is 2.49. The summed E-state index contributed by atoms with van der Waals surface area (Å²) < 4.78 is 24.5. The van der Waals surface area contributed by atoms with Crippen LogP contribution in [0.5, 0.6) is 5.75 Å². The van der Waals surface area contributed by atoms with Gasteiger partial charge < -0.3 is 19.7 Å². The molecule has 112 valence electrons. The Morgan fingerprint density at radius 3 is 2.55 bits per heavy atom. The molecule has 0 spiro atoms. The third-order valence-corrected chi connectivity index (χ3v) is 3.67. The van der Waals surface area contributed by atoms with Gasteiger partial charge in [0.1, 0.15) is 0 Å². The van der Waals surface area contributed by atoms with Crippen LogP contribution in [-0.4, -0.2) is 51.8 Å². The summed E-state index contributed by atoms with van der Waals surface area (Å²) >= 11 is 0. The molecule has 20 heavy (non-hydrogen) atoms. The fourth-order valence-corrected chi connectivity index (χ4v) is 2.53. The lowest BCUT2D eigenvalue weighted by molar-refractivity contribution is 0.180. The third-order valence-electron chi connectivity index (χ3n) is 3.67. The van der Waals surface area contributed by atoms with Gasteiger partial charge in [-0.1, -0.05) is 12.1 Å². The van der Waals surface area contributed by atoms with Gasteiger partial charge in [-0.15, -0.1) is 0 Å². The first kappa shape index (κ1) is 15.2. The van der Waals surface area contributed by atoms with Crippen molar-refractivity contribution in [1.82, 2.24) is 10.2 Å². The zero-order chi connectivity index (χ0) is 14.4. The SMILES string of the molecule is COCc1ccc(CCN2CCNCC2)c(OC)c1F. The highest BCUT2D eigenvalue weighted by Crippen LogP contribution is 2.26. The second-order valence-corrected chi connectivity index (χ2v) is 5.01. The number of nitrogens with zero attached hydrogens (tertiary/aromatic N) is 1. The Morgan fingerprint density at radius 1 is 1.20 bits per heavy atom. The first-order valence-electron chi connectivity index (χ1n) is 7.02. The molecule has 1 aliphatic rings. The molecular formula is C15H23FN2O2. The molecule has 2 rings (SSSR count). The minimum atomic E-state index is -0.299. The van der Waals surface area contributed by atoms with Gasteiger partial charge in [-0.25, -0.2) is 4.39 Å². The lowest BCUT2D eigenvalue weighted by Gasteiger charge is -2.27. The van der Waals surface area contributed by atoms with Crippen molar-refractivity contribution in [1.29, 1.82) is 0 Å². The lowest BCUT2D eigenvalue weighted by Crippen LogP contribution is -2.44. The lowest BCUT2D eigenvalue weighted by atomic mass is 10.1. The molecular weight excluding hydrogens is 259 g/mol. The maximum atomic E-state index is 14.3. The molecule has 1 aromatic carbocycles. The summed E-state index contributed by atoms with van der Waals surface area (Å²) in [4.78, 5) is 2.39. The van der Waals surface area contributed by atoms with Crippen molar-refractivity contribution in [2.45, 2.75) is 13.0 Å². The number of halogens is 1. The van der Waals surface area contributed by atoms with Crippen LogP contribution in [0.1, 0.15) is 11.1 Å². The monoisotopic (exact) mass is 282 g/mol. The zero-order valence-electron chi connectivity index (χ0n) is 12.2. The summed E-state index contributed by atoms with van der Waals surface area (Å²) in [5.74, 6) is 0.0573. The van der Waals surface area contributed by atoms with Crippen molar-refractivity contribution < 1.29 is 13.9 Å². The smallest absolute Gasteiger partial charge is 0.170 e. The molecule has 1 N–H and O–H groups in total. The van der Waals surface area contributed by atoms with Crippen molar-refractivity contribution in [3.8, 4) is 5.75 Å². The largest absolute Gasteiger partial charge is 0.493 e. The molecule has 0 bridgehead atoms. The van der Waals surface area contributed by atoms with E-state index in [2.05, 4.69) is 10.2 Å². The fraction of sp³-hybridized carbons (Fsp3) is 0.600. The Bertz CT molecular complexity index is 434. The van der Waals surface area contributed by atoms with E-state index in [4.69, 9.17) is 9.47 Å². The van der Waals surface area contributed by atoms with Crippen LogP contribution in [0.15, 0.2) is 12.1 Å². The molecule has 4 nitrogen and oxygen atoms in total. The quantitative estimate of drug-likeness (QED) is 0.856. The van der Waals surface area contributed by atoms with Crippen molar-refractivity contribution in [2.75, 3.05) is 46.9 Å². The standard InChI is InChI=1S/C15H23FN2O2/c1-19-11-13-4-3-12(15(20-2)14(13)16)5-8-18-9-6-17-7-10-18/h3-4,17H,5-11H2,1-2H3. The molecule has 1 aromatic rings. The predicted molar refractivity (Wildman–Crippen MR) is 76.7 cm³/mol. The average molecular weight is 282 g/mol. The van der Waals surface area contributed by atoms with E-state index in [9.17, 15) is 4.39 Å². The maximum absolute atomic E-state index is 14.3. The summed E-state index contributed by atoms with van der Waals surface area (Å²) in [5, 5.41) is 3.33. The van der Waals surface area contributed by atoms with Crippen LogP contribution in [0.4, 0.5) is 4.39 Å². The first-order chi connectivity index (χ1) is 9.76. The Hall–Kier alpha value is -1.17. The van der Waals surface area contributed by atoms with Gasteiger partial charge in [0.25, 0.3) is 0 Å². The summed E-state index contributed by atoms with van der Waals surface area (Å²) in [6.07, 6.45) is 0.799. The molecule has 0 saturated carbocycles. The second kappa shape index (κ2) is 7.57. The number of piperazine rings is 1. The van der Waals surface area contributed by atoms with Gasteiger partial charge in [0.2, 0.25) is 0 Å². The van der Waals surface area contributed by atoms with Crippen LogP contribution >= 0.6 is 0 Å². The van der Waals surface area contributed by atoms with E-state index in [0.717, 1.165) is 44.7 Å². The van der Waals surface area contributed by atoms with Crippen molar-refractivity contribution in [2.24, 2.45) is 0 Å². The van der Waals surface area contributed by atoms with E-state index < -0.39 is 0 Å². The van der Waals surface area contributed by atoms with E-state index in [-0.39, 0.29) is 12.4 Å². The molecule has 0 radical (unpaired) electrons. The van der Waals surface area contributed by atoms with Gasteiger partial charge in [-0.2, -0.15) is 0 Å². The molecule has 1 aliphatic heterocycles. The minimum Gasteiger partial charge on any atom is -0.493 e. The summed E-state index contributed by atoms with van der Waals surface area (Å²) in [7, 11) is 3.08. The highest BCUT2D eigenvalue weighted by Gasteiger charge is 2.15. The van der Waals surface area contributed by atoms with Crippen molar-refractivity contribution in [3.63, 3.8) is 0 Å². The number of ether oxygens (including phenoxy) is 2. The van der Waals surface area contributed by atoms with E-state index >= 15 is 0 Å². The Balaban J connectivity index is 2.04. The number of hydrogen-bond acceptors (Lipinski definition) is 4. The van der Waals surface area contributed by atoms with Gasteiger partial charge in [-0.3, -0.25) is 0 Å². The molecule has 1 saturated heterocycles. The molecule has 0 unspecified atom stereocenters. The predicted octanol–water partition coefficient (Wildman–Crippen LogP) is 1.43. The molecule has 5 heteroatoms. The normalized spacial score (nSPS) is 16.4. The number of benzene rings is 1. The number of nitrogens with one attached hydrogen (secondary N) is 1. The number of methoxy groups -OCH3 is 2. The van der Waals surface area contributed by atoms with Gasteiger partial charge >= 0.3 is 0 Å². The Kier molecular flexibility index (Phi) is 5.76. The fourth-order valence-electron chi connectivity index (χ4n) is 2.53. The second-order valence-electron chi connectivity index (χ2n) is 5.01. The van der Waals surface area contributed by atoms with E-state index in [0.29, 0.717) is 11.3 Å². The maximum Gasteiger partial charge on any atom is 0.170 e. The van der Waals surface area contributed by atoms with Crippen LogP contribution in [0.2, 0.25) is 0 Å². The first-order valence-corrected chi connectivity index (χ1v) is 7.02. The van der Waals surface area contributed by atoms with Crippen LogP contribution in [-0.2, 0) is 17.8 Å².